The van der Waals surface area contributed by atoms with Gasteiger partial charge in [0.25, 0.3) is 0 Å². The molecule has 178 valence electrons. The Labute approximate surface area is 195 Å². The summed E-state index contributed by atoms with van der Waals surface area (Å²) < 4.78 is 6.33. The number of rotatable bonds is 8. The first-order valence-electron chi connectivity index (χ1n) is 12.1. The normalized spacial score (nSPS) is 23.2. The second kappa shape index (κ2) is 10.1. The third-order valence-corrected chi connectivity index (χ3v) is 12.3. The number of hydrogen-bond donors (Lipinski definition) is 1. The smallest absolute Gasteiger partial charge is 0.407 e. The van der Waals surface area contributed by atoms with Gasteiger partial charge >= 0.3 is 6.09 Å². The van der Waals surface area contributed by atoms with E-state index in [4.69, 9.17) is 4.43 Å². The van der Waals surface area contributed by atoms with E-state index < -0.39 is 14.4 Å². The maximum absolute atomic E-state index is 12.1. The molecule has 0 radical (unpaired) electrons. The van der Waals surface area contributed by atoms with Gasteiger partial charge in [-0.15, -0.1) is 0 Å². The Kier molecular flexibility index (Phi) is 7.89. The average molecular weight is 459 g/mol. The molecule has 1 saturated carbocycles. The van der Waals surface area contributed by atoms with Crippen LogP contribution in [-0.2, 0) is 4.43 Å². The molecule has 0 bridgehead atoms. The van der Waals surface area contributed by atoms with Crippen LogP contribution in [0.4, 0.5) is 4.79 Å². The molecule has 1 saturated heterocycles. The minimum atomic E-state index is -1.71. The molecule has 1 amide bonds. The summed E-state index contributed by atoms with van der Waals surface area (Å²) in [5.74, 6) is 0.349. The molecular formula is C26H42N2O3Si. The Morgan fingerprint density at radius 1 is 1.22 bits per heavy atom. The van der Waals surface area contributed by atoms with Gasteiger partial charge in [-0.3, -0.25) is 0 Å². The Morgan fingerprint density at radius 2 is 1.84 bits per heavy atom. The predicted molar refractivity (Wildman–Crippen MR) is 134 cm³/mol. The van der Waals surface area contributed by atoms with Gasteiger partial charge in [-0.2, -0.15) is 0 Å². The Balaban J connectivity index is 1.49. The summed E-state index contributed by atoms with van der Waals surface area (Å²) in [5.41, 5.74) is 2.47. The standard InChI is InChI=1S/C26H42N2O3Si/c1-20(18-21-10-8-7-9-11-21)23-19-24(23)28(25(29)30)22-12-14-27(15-13-22)16-17-31-32(5,6)26(2,3)4/h7-11,18,22-24H,12-17,19H2,1-6H3,(H,29,30)/b20-18+. The van der Waals surface area contributed by atoms with Crippen LogP contribution in [0.2, 0.25) is 18.1 Å². The van der Waals surface area contributed by atoms with Crippen molar-refractivity contribution in [2.75, 3.05) is 26.2 Å². The van der Waals surface area contributed by atoms with Crippen LogP contribution in [0.25, 0.3) is 6.08 Å². The summed E-state index contributed by atoms with van der Waals surface area (Å²) in [6.07, 6.45) is 4.22. The van der Waals surface area contributed by atoms with Crippen molar-refractivity contribution in [3.8, 4) is 0 Å². The first-order valence-corrected chi connectivity index (χ1v) is 15.0. The third-order valence-electron chi connectivity index (χ3n) is 7.74. The molecule has 2 fully saturated rings. The monoisotopic (exact) mass is 458 g/mol. The summed E-state index contributed by atoms with van der Waals surface area (Å²) in [6, 6.07) is 10.6. The summed E-state index contributed by atoms with van der Waals surface area (Å²) >= 11 is 0. The van der Waals surface area contributed by atoms with Crippen LogP contribution in [-0.4, -0.2) is 67.6 Å². The van der Waals surface area contributed by atoms with Crippen molar-refractivity contribution in [1.82, 2.24) is 9.80 Å². The van der Waals surface area contributed by atoms with Crippen LogP contribution < -0.4 is 0 Å². The van der Waals surface area contributed by atoms with Gasteiger partial charge in [-0.05, 0) is 49.9 Å². The molecule has 1 N–H and O–H groups in total. The molecule has 0 aromatic heterocycles. The van der Waals surface area contributed by atoms with Gasteiger partial charge in [0, 0.05) is 44.2 Å². The van der Waals surface area contributed by atoms with Crippen molar-refractivity contribution >= 4 is 20.5 Å². The van der Waals surface area contributed by atoms with Crippen molar-refractivity contribution in [2.45, 2.75) is 77.2 Å². The van der Waals surface area contributed by atoms with Gasteiger partial charge in [0.2, 0.25) is 0 Å². The Bertz CT molecular complexity index is 795. The molecule has 1 heterocycles. The van der Waals surface area contributed by atoms with E-state index in [1.807, 2.05) is 18.2 Å². The quantitative estimate of drug-likeness (QED) is 0.490. The van der Waals surface area contributed by atoms with Gasteiger partial charge < -0.3 is 19.3 Å². The van der Waals surface area contributed by atoms with Gasteiger partial charge in [-0.1, -0.05) is 62.8 Å². The highest BCUT2D eigenvalue weighted by Gasteiger charge is 2.47. The molecule has 6 heteroatoms. The number of piperidine rings is 1. The molecule has 5 nitrogen and oxygen atoms in total. The van der Waals surface area contributed by atoms with Crippen LogP contribution in [0.3, 0.4) is 0 Å². The molecule has 2 unspecified atom stereocenters. The molecule has 3 rings (SSSR count). The minimum Gasteiger partial charge on any atom is -0.465 e. The average Bonchev–Trinajstić information content (AvgIpc) is 3.49. The van der Waals surface area contributed by atoms with E-state index in [-0.39, 0.29) is 17.1 Å². The molecule has 2 aliphatic rings. The van der Waals surface area contributed by atoms with E-state index in [1.54, 1.807) is 4.90 Å². The van der Waals surface area contributed by atoms with E-state index in [0.29, 0.717) is 5.92 Å². The molecule has 1 aromatic carbocycles. The largest absolute Gasteiger partial charge is 0.465 e. The third kappa shape index (κ3) is 6.24. The first-order chi connectivity index (χ1) is 15.0. The van der Waals surface area contributed by atoms with E-state index in [9.17, 15) is 9.90 Å². The second-order valence-electron chi connectivity index (χ2n) is 11.1. The summed E-state index contributed by atoms with van der Waals surface area (Å²) in [6.45, 7) is 17.2. The van der Waals surface area contributed by atoms with Crippen LogP contribution >= 0.6 is 0 Å². The van der Waals surface area contributed by atoms with Crippen LogP contribution in [0.1, 0.15) is 52.5 Å². The maximum atomic E-state index is 12.1. The molecular weight excluding hydrogens is 416 g/mol. The van der Waals surface area contributed by atoms with Gasteiger partial charge in [-0.25, -0.2) is 4.79 Å². The fraction of sp³-hybridized carbons (Fsp3) is 0.654. The zero-order valence-corrected chi connectivity index (χ0v) is 21.8. The Morgan fingerprint density at radius 3 is 2.41 bits per heavy atom. The SMILES string of the molecule is C/C(=C\c1ccccc1)C1CC1N(C(=O)O)C1CCN(CCO[Si](C)(C)C(C)(C)C)CC1. The number of amides is 1. The number of carbonyl (C=O) groups is 1. The van der Waals surface area contributed by atoms with Crippen molar-refractivity contribution in [3.63, 3.8) is 0 Å². The number of nitrogens with zero attached hydrogens (tertiary/aromatic N) is 2. The molecule has 32 heavy (non-hydrogen) atoms. The zero-order valence-electron chi connectivity index (χ0n) is 20.8. The fourth-order valence-corrected chi connectivity index (χ4v) is 5.57. The molecule has 1 aromatic rings. The minimum absolute atomic E-state index is 0.129. The highest BCUT2D eigenvalue weighted by atomic mass is 28.4. The lowest BCUT2D eigenvalue weighted by atomic mass is 10.0. The number of benzene rings is 1. The van der Waals surface area contributed by atoms with Gasteiger partial charge in [0.15, 0.2) is 8.32 Å². The van der Waals surface area contributed by atoms with Crippen molar-refractivity contribution in [2.24, 2.45) is 5.92 Å². The summed E-state index contributed by atoms with van der Waals surface area (Å²) in [4.78, 5) is 16.4. The van der Waals surface area contributed by atoms with Crippen LogP contribution in [0.15, 0.2) is 35.9 Å². The lowest BCUT2D eigenvalue weighted by molar-refractivity contribution is 0.0794. The predicted octanol–water partition coefficient (Wildman–Crippen LogP) is 5.94. The van der Waals surface area contributed by atoms with E-state index in [0.717, 1.165) is 45.5 Å². The highest BCUT2D eigenvalue weighted by Crippen LogP contribution is 2.44. The van der Waals surface area contributed by atoms with Crippen molar-refractivity contribution in [3.05, 3.63) is 41.5 Å². The fourth-order valence-electron chi connectivity index (χ4n) is 4.53. The lowest BCUT2D eigenvalue weighted by Gasteiger charge is -2.39. The van der Waals surface area contributed by atoms with Crippen molar-refractivity contribution < 1.29 is 14.3 Å². The second-order valence-corrected chi connectivity index (χ2v) is 15.9. The van der Waals surface area contributed by atoms with E-state index in [1.165, 1.54) is 11.1 Å². The molecule has 0 spiro atoms. The van der Waals surface area contributed by atoms with Crippen LogP contribution in [0.5, 0.6) is 0 Å². The number of carboxylic acid groups (broad SMARTS) is 1. The first kappa shape index (κ1) is 25.0. The van der Waals surface area contributed by atoms with Crippen LogP contribution in [0, 0.1) is 5.92 Å². The van der Waals surface area contributed by atoms with Crippen molar-refractivity contribution in [1.29, 1.82) is 0 Å². The summed E-state index contributed by atoms with van der Waals surface area (Å²) in [7, 11) is -1.71. The Hall–Kier alpha value is -1.63. The maximum Gasteiger partial charge on any atom is 0.407 e. The number of likely N-dealkylation sites (tertiary alicyclic amines) is 1. The summed E-state index contributed by atoms with van der Waals surface area (Å²) in [5, 5.41) is 10.2. The molecule has 1 aliphatic heterocycles. The van der Waals surface area contributed by atoms with E-state index >= 15 is 0 Å². The van der Waals surface area contributed by atoms with Gasteiger partial charge in [0.05, 0.1) is 0 Å². The zero-order chi connectivity index (χ0) is 23.5. The van der Waals surface area contributed by atoms with E-state index in [2.05, 4.69) is 63.9 Å². The lowest BCUT2D eigenvalue weighted by Crippen LogP contribution is -2.49. The number of hydrogen-bond acceptors (Lipinski definition) is 3. The molecule has 1 aliphatic carbocycles. The highest BCUT2D eigenvalue weighted by molar-refractivity contribution is 6.74. The topological polar surface area (TPSA) is 53.0 Å². The molecule has 2 atom stereocenters. The van der Waals surface area contributed by atoms with Gasteiger partial charge in [0.1, 0.15) is 0 Å².